The Labute approximate surface area is 125 Å². The highest BCUT2D eigenvalue weighted by molar-refractivity contribution is 5.86. The lowest BCUT2D eigenvalue weighted by molar-refractivity contribution is -0.0751. The Bertz CT molecular complexity index is 718. The number of fused-ring (bicyclic) bond motifs is 1. The van der Waals surface area contributed by atoms with Gasteiger partial charge in [-0.15, -0.1) is 0 Å². The molecule has 1 saturated heterocycles. The third-order valence-corrected chi connectivity index (χ3v) is 3.72. The fourth-order valence-corrected chi connectivity index (χ4v) is 3.04. The van der Waals surface area contributed by atoms with Crippen LogP contribution in [0.25, 0.3) is 10.9 Å². The number of benzene rings is 1. The van der Waals surface area contributed by atoms with Gasteiger partial charge in [-0.05, 0) is 32.9 Å². The number of ether oxygens (including phenoxy) is 1. The Morgan fingerprint density at radius 3 is 2.86 bits per heavy atom. The van der Waals surface area contributed by atoms with Crippen molar-refractivity contribution >= 4 is 16.7 Å². The van der Waals surface area contributed by atoms with Crippen molar-refractivity contribution in [2.45, 2.75) is 32.5 Å². The van der Waals surface area contributed by atoms with Gasteiger partial charge in [-0.25, -0.2) is 4.98 Å². The van der Waals surface area contributed by atoms with E-state index in [0.717, 1.165) is 29.8 Å². The Kier molecular flexibility index (Phi) is 3.30. The smallest absolute Gasteiger partial charge is 0.130 e. The maximum absolute atomic E-state index is 9.39. The number of rotatable bonds is 1. The average Bonchev–Trinajstić information content (AvgIpc) is 2.44. The van der Waals surface area contributed by atoms with Crippen LogP contribution in [0.1, 0.15) is 26.3 Å². The molecule has 4 heteroatoms. The van der Waals surface area contributed by atoms with Gasteiger partial charge in [-0.1, -0.05) is 18.2 Å². The van der Waals surface area contributed by atoms with E-state index >= 15 is 0 Å². The fraction of sp³-hybridized carbons (Fsp3) is 0.412. The normalized spacial score (nSPS) is 21.2. The summed E-state index contributed by atoms with van der Waals surface area (Å²) in [6.45, 7) is 7.80. The molecule has 1 aliphatic heterocycles. The summed E-state index contributed by atoms with van der Waals surface area (Å²) >= 11 is 0. The van der Waals surface area contributed by atoms with Crippen molar-refractivity contribution in [1.82, 2.24) is 4.98 Å². The first kappa shape index (κ1) is 13.8. The summed E-state index contributed by atoms with van der Waals surface area (Å²) < 4.78 is 5.93. The lowest BCUT2D eigenvalue weighted by atomic mass is 10.0. The number of hydrogen-bond donors (Lipinski definition) is 0. The lowest BCUT2D eigenvalue weighted by Crippen LogP contribution is -2.52. The molecule has 0 radical (unpaired) electrons. The molecular weight excluding hydrogens is 262 g/mol. The highest BCUT2D eigenvalue weighted by atomic mass is 16.5. The van der Waals surface area contributed by atoms with Gasteiger partial charge in [-0.3, -0.25) is 0 Å². The maximum atomic E-state index is 9.39. The van der Waals surface area contributed by atoms with Gasteiger partial charge in [0.1, 0.15) is 5.82 Å². The van der Waals surface area contributed by atoms with Crippen molar-refractivity contribution in [1.29, 1.82) is 5.26 Å². The molecule has 21 heavy (non-hydrogen) atoms. The molecule has 0 bridgehead atoms. The van der Waals surface area contributed by atoms with E-state index in [0.29, 0.717) is 5.56 Å². The second kappa shape index (κ2) is 5.01. The minimum atomic E-state index is -0.211. The van der Waals surface area contributed by atoms with E-state index in [1.165, 1.54) is 0 Å². The molecule has 1 aromatic carbocycles. The van der Waals surface area contributed by atoms with Gasteiger partial charge < -0.3 is 9.64 Å². The minimum Gasteiger partial charge on any atom is -0.369 e. The first-order chi connectivity index (χ1) is 9.98. The van der Waals surface area contributed by atoms with Crippen LogP contribution in [-0.4, -0.2) is 29.8 Å². The Morgan fingerprint density at radius 1 is 1.38 bits per heavy atom. The molecule has 0 aliphatic carbocycles. The number of aromatic nitrogens is 1. The van der Waals surface area contributed by atoms with Gasteiger partial charge in [0, 0.05) is 18.5 Å². The summed E-state index contributed by atoms with van der Waals surface area (Å²) in [5, 5.41) is 10.3. The first-order valence-electron chi connectivity index (χ1n) is 7.21. The van der Waals surface area contributed by atoms with Gasteiger partial charge >= 0.3 is 0 Å². The van der Waals surface area contributed by atoms with Crippen molar-refractivity contribution < 1.29 is 4.74 Å². The van der Waals surface area contributed by atoms with Crippen LogP contribution in [0.2, 0.25) is 0 Å². The molecule has 1 aliphatic rings. The number of para-hydroxylation sites is 1. The van der Waals surface area contributed by atoms with E-state index in [4.69, 9.17) is 9.72 Å². The number of morpholine rings is 1. The SMILES string of the molecule is CC1CN(c2cc(C#N)c3ccccc3n2)CC(C)(C)O1. The number of anilines is 1. The van der Waals surface area contributed by atoms with Gasteiger partial charge in [0.25, 0.3) is 0 Å². The summed E-state index contributed by atoms with van der Waals surface area (Å²) in [5.74, 6) is 0.855. The predicted molar refractivity (Wildman–Crippen MR) is 83.3 cm³/mol. The molecule has 0 spiro atoms. The Morgan fingerprint density at radius 2 is 2.14 bits per heavy atom. The van der Waals surface area contributed by atoms with Crippen molar-refractivity contribution in [2.75, 3.05) is 18.0 Å². The third kappa shape index (κ3) is 2.70. The van der Waals surface area contributed by atoms with Gasteiger partial charge in [0.15, 0.2) is 0 Å². The first-order valence-corrected chi connectivity index (χ1v) is 7.21. The highest BCUT2D eigenvalue weighted by Gasteiger charge is 2.32. The fourth-order valence-electron chi connectivity index (χ4n) is 3.04. The van der Waals surface area contributed by atoms with Crippen molar-refractivity contribution in [3.8, 4) is 6.07 Å². The number of nitrogens with zero attached hydrogens (tertiary/aromatic N) is 3. The minimum absolute atomic E-state index is 0.146. The van der Waals surface area contributed by atoms with Crippen molar-refractivity contribution in [2.24, 2.45) is 0 Å². The van der Waals surface area contributed by atoms with Crippen LogP contribution in [-0.2, 0) is 4.74 Å². The second-order valence-electron chi connectivity index (χ2n) is 6.23. The molecule has 1 aromatic heterocycles. The van der Waals surface area contributed by atoms with E-state index in [2.05, 4.69) is 31.7 Å². The summed E-state index contributed by atoms with van der Waals surface area (Å²) in [6.07, 6.45) is 0.146. The van der Waals surface area contributed by atoms with Crippen molar-refractivity contribution in [3.63, 3.8) is 0 Å². The van der Waals surface area contributed by atoms with Gasteiger partial charge in [-0.2, -0.15) is 5.26 Å². The maximum Gasteiger partial charge on any atom is 0.130 e. The summed E-state index contributed by atoms with van der Waals surface area (Å²) in [7, 11) is 0. The zero-order valence-electron chi connectivity index (χ0n) is 12.6. The third-order valence-electron chi connectivity index (χ3n) is 3.72. The molecule has 1 atom stereocenters. The molecule has 0 N–H and O–H groups in total. The number of nitriles is 1. The highest BCUT2D eigenvalue weighted by Crippen LogP contribution is 2.28. The lowest BCUT2D eigenvalue weighted by Gasteiger charge is -2.42. The van der Waals surface area contributed by atoms with E-state index < -0.39 is 0 Å². The molecule has 108 valence electrons. The average molecular weight is 281 g/mol. The van der Waals surface area contributed by atoms with Crippen molar-refractivity contribution in [3.05, 3.63) is 35.9 Å². The molecule has 1 unspecified atom stereocenters. The molecule has 4 nitrogen and oxygen atoms in total. The van der Waals surface area contributed by atoms with Crippen LogP contribution in [0, 0.1) is 11.3 Å². The summed E-state index contributed by atoms with van der Waals surface area (Å²) in [5.41, 5.74) is 1.33. The quantitative estimate of drug-likeness (QED) is 0.806. The van der Waals surface area contributed by atoms with Crippen LogP contribution in [0.3, 0.4) is 0 Å². The molecule has 3 rings (SSSR count). The predicted octanol–water partition coefficient (Wildman–Crippen LogP) is 3.11. The monoisotopic (exact) mass is 281 g/mol. The molecule has 0 amide bonds. The Hall–Kier alpha value is -2.12. The van der Waals surface area contributed by atoms with E-state index in [9.17, 15) is 5.26 Å². The molecular formula is C17H19N3O. The van der Waals surface area contributed by atoms with Crippen LogP contribution in [0.5, 0.6) is 0 Å². The van der Waals surface area contributed by atoms with E-state index in [-0.39, 0.29) is 11.7 Å². The number of pyridine rings is 1. The summed E-state index contributed by atoms with van der Waals surface area (Å²) in [4.78, 5) is 6.94. The van der Waals surface area contributed by atoms with Crippen LogP contribution >= 0.6 is 0 Å². The van der Waals surface area contributed by atoms with Crippen LogP contribution in [0.15, 0.2) is 30.3 Å². The van der Waals surface area contributed by atoms with Gasteiger partial charge in [0.2, 0.25) is 0 Å². The topological polar surface area (TPSA) is 49.2 Å². The molecule has 0 saturated carbocycles. The summed E-state index contributed by atoms with van der Waals surface area (Å²) in [6, 6.07) is 11.9. The second-order valence-corrected chi connectivity index (χ2v) is 6.23. The largest absolute Gasteiger partial charge is 0.369 e. The van der Waals surface area contributed by atoms with Crippen LogP contribution in [0.4, 0.5) is 5.82 Å². The van der Waals surface area contributed by atoms with Gasteiger partial charge in [0.05, 0.1) is 28.9 Å². The zero-order chi connectivity index (χ0) is 15.0. The van der Waals surface area contributed by atoms with E-state index in [1.807, 2.05) is 30.3 Å². The molecule has 2 heterocycles. The Balaban J connectivity index is 2.06. The molecule has 2 aromatic rings. The van der Waals surface area contributed by atoms with Crippen LogP contribution < -0.4 is 4.90 Å². The number of hydrogen-bond acceptors (Lipinski definition) is 4. The standard InChI is InChI=1S/C17H19N3O/c1-12-10-20(11-17(2,3)21-12)16-8-13(9-18)14-6-4-5-7-15(14)19-16/h4-8,12H,10-11H2,1-3H3. The zero-order valence-corrected chi connectivity index (χ0v) is 12.6. The van der Waals surface area contributed by atoms with E-state index in [1.54, 1.807) is 0 Å². The molecule has 1 fully saturated rings.